The Morgan fingerprint density at radius 2 is 2.20 bits per heavy atom. The van der Waals surface area contributed by atoms with Crippen molar-refractivity contribution in [1.82, 2.24) is 0 Å². The molecule has 1 aliphatic heterocycles. The number of hydrogen-bond acceptors (Lipinski definition) is 3. The number of para-hydroxylation sites is 1. The fraction of sp³-hybridized carbons (Fsp3) is 0.562. The number of anilines is 1. The van der Waals surface area contributed by atoms with Crippen LogP contribution in [0.1, 0.15) is 39.0 Å². The Hall–Kier alpha value is -1.22. The van der Waals surface area contributed by atoms with E-state index in [9.17, 15) is 0 Å². The molecule has 1 aliphatic carbocycles. The maximum Gasteiger partial charge on any atom is 0.196 e. The Labute approximate surface area is 125 Å². The standard InChI is InChI=1S/C16H22ClN3/c1-2-12-7-5-6-10-16(12)11-19-15(18)20(16)14-9-4-3-8-13(14)17/h3-4,8-9,12H,2,5-7,10-11H2,1H3,(H2,18,19). The lowest BCUT2D eigenvalue weighted by molar-refractivity contribution is 0.201. The summed E-state index contributed by atoms with van der Waals surface area (Å²) >= 11 is 6.41. The number of nitrogens with zero attached hydrogens (tertiary/aromatic N) is 2. The monoisotopic (exact) mass is 291 g/mol. The second-order valence-electron chi connectivity index (χ2n) is 5.92. The van der Waals surface area contributed by atoms with Gasteiger partial charge in [-0.1, -0.05) is 49.9 Å². The molecule has 108 valence electrons. The van der Waals surface area contributed by atoms with Gasteiger partial charge in [0.25, 0.3) is 0 Å². The fourth-order valence-electron chi connectivity index (χ4n) is 3.97. The average Bonchev–Trinajstić information content (AvgIpc) is 2.78. The third-order valence-corrected chi connectivity index (χ3v) is 5.27. The minimum absolute atomic E-state index is 0.0437. The molecule has 3 rings (SSSR count). The van der Waals surface area contributed by atoms with Crippen molar-refractivity contribution in [2.45, 2.75) is 44.6 Å². The first kappa shape index (κ1) is 13.7. The lowest BCUT2D eigenvalue weighted by atomic mass is 9.70. The molecule has 3 nitrogen and oxygen atoms in total. The molecule has 1 spiro atoms. The van der Waals surface area contributed by atoms with Gasteiger partial charge in [0.15, 0.2) is 5.96 Å². The molecule has 4 heteroatoms. The molecule has 2 aliphatic rings. The quantitative estimate of drug-likeness (QED) is 0.900. The summed E-state index contributed by atoms with van der Waals surface area (Å²) < 4.78 is 0. The van der Waals surface area contributed by atoms with E-state index in [0.29, 0.717) is 11.9 Å². The number of hydrogen-bond donors (Lipinski definition) is 1. The molecule has 1 fully saturated rings. The zero-order valence-corrected chi connectivity index (χ0v) is 12.7. The molecule has 2 unspecified atom stereocenters. The van der Waals surface area contributed by atoms with Crippen molar-refractivity contribution >= 4 is 23.2 Å². The van der Waals surface area contributed by atoms with Gasteiger partial charge in [0.1, 0.15) is 0 Å². The highest BCUT2D eigenvalue weighted by Crippen LogP contribution is 2.46. The van der Waals surface area contributed by atoms with Crippen LogP contribution in [0.2, 0.25) is 5.02 Å². The summed E-state index contributed by atoms with van der Waals surface area (Å²) in [4.78, 5) is 6.80. The average molecular weight is 292 g/mol. The van der Waals surface area contributed by atoms with Crippen molar-refractivity contribution in [1.29, 1.82) is 0 Å². The van der Waals surface area contributed by atoms with E-state index in [0.717, 1.165) is 23.7 Å². The van der Waals surface area contributed by atoms with E-state index in [4.69, 9.17) is 17.3 Å². The second kappa shape index (κ2) is 5.28. The van der Waals surface area contributed by atoms with Crippen LogP contribution in [-0.2, 0) is 0 Å². The fourth-order valence-corrected chi connectivity index (χ4v) is 4.19. The minimum atomic E-state index is 0.0437. The van der Waals surface area contributed by atoms with Crippen molar-refractivity contribution in [3.8, 4) is 0 Å². The molecule has 1 aromatic rings. The van der Waals surface area contributed by atoms with Crippen LogP contribution in [0.4, 0.5) is 5.69 Å². The first-order valence-electron chi connectivity index (χ1n) is 7.54. The van der Waals surface area contributed by atoms with Gasteiger partial charge in [0.05, 0.1) is 22.8 Å². The number of aliphatic imine (C=N–C) groups is 1. The molecule has 1 saturated carbocycles. The van der Waals surface area contributed by atoms with E-state index in [1.807, 2.05) is 18.2 Å². The summed E-state index contributed by atoms with van der Waals surface area (Å²) in [5.41, 5.74) is 7.27. The summed E-state index contributed by atoms with van der Waals surface area (Å²) in [5, 5.41) is 0.757. The third kappa shape index (κ3) is 1.99. The van der Waals surface area contributed by atoms with Gasteiger partial charge in [-0.15, -0.1) is 0 Å². The number of halogens is 1. The van der Waals surface area contributed by atoms with E-state index in [1.165, 1.54) is 25.7 Å². The van der Waals surface area contributed by atoms with Crippen LogP contribution in [-0.4, -0.2) is 18.0 Å². The third-order valence-electron chi connectivity index (χ3n) is 4.95. The first-order chi connectivity index (χ1) is 9.69. The predicted molar refractivity (Wildman–Crippen MR) is 85.4 cm³/mol. The van der Waals surface area contributed by atoms with Crippen molar-refractivity contribution in [3.63, 3.8) is 0 Å². The summed E-state index contributed by atoms with van der Waals surface area (Å²) in [6, 6.07) is 7.96. The molecule has 1 aromatic carbocycles. The van der Waals surface area contributed by atoms with Crippen LogP contribution in [0, 0.1) is 5.92 Å². The molecular formula is C16H22ClN3. The van der Waals surface area contributed by atoms with Crippen molar-refractivity contribution in [3.05, 3.63) is 29.3 Å². The SMILES string of the molecule is CCC1CCCCC12CN=C(N)N2c1ccccc1Cl. The van der Waals surface area contributed by atoms with Gasteiger partial charge >= 0.3 is 0 Å². The predicted octanol–water partition coefficient (Wildman–Crippen LogP) is 3.81. The van der Waals surface area contributed by atoms with Crippen molar-refractivity contribution in [2.75, 3.05) is 11.4 Å². The smallest absolute Gasteiger partial charge is 0.196 e. The molecule has 2 atom stereocenters. The second-order valence-corrected chi connectivity index (χ2v) is 6.32. The largest absolute Gasteiger partial charge is 0.369 e. The number of benzene rings is 1. The highest BCUT2D eigenvalue weighted by Gasteiger charge is 2.49. The Morgan fingerprint density at radius 1 is 1.40 bits per heavy atom. The lowest BCUT2D eigenvalue weighted by Crippen LogP contribution is -2.57. The van der Waals surface area contributed by atoms with Crippen LogP contribution in [0.25, 0.3) is 0 Å². The van der Waals surface area contributed by atoms with E-state index >= 15 is 0 Å². The maximum absolute atomic E-state index is 6.41. The molecular weight excluding hydrogens is 270 g/mol. The van der Waals surface area contributed by atoms with E-state index < -0.39 is 0 Å². The topological polar surface area (TPSA) is 41.6 Å². The van der Waals surface area contributed by atoms with Gasteiger partial charge in [-0.05, 0) is 30.9 Å². The molecule has 2 N–H and O–H groups in total. The van der Waals surface area contributed by atoms with Gasteiger partial charge < -0.3 is 10.6 Å². The van der Waals surface area contributed by atoms with Crippen LogP contribution < -0.4 is 10.6 Å². The Kier molecular flexibility index (Phi) is 3.63. The van der Waals surface area contributed by atoms with Gasteiger partial charge in [0.2, 0.25) is 0 Å². The van der Waals surface area contributed by atoms with E-state index in [2.05, 4.69) is 22.9 Å². The van der Waals surface area contributed by atoms with Crippen LogP contribution >= 0.6 is 11.6 Å². The Balaban J connectivity index is 2.06. The first-order valence-corrected chi connectivity index (χ1v) is 7.91. The molecule has 0 aromatic heterocycles. The minimum Gasteiger partial charge on any atom is -0.369 e. The highest BCUT2D eigenvalue weighted by atomic mass is 35.5. The number of guanidine groups is 1. The van der Waals surface area contributed by atoms with Gasteiger partial charge in [-0.2, -0.15) is 0 Å². The summed E-state index contributed by atoms with van der Waals surface area (Å²) in [6.45, 7) is 3.08. The van der Waals surface area contributed by atoms with Crippen LogP contribution in [0.15, 0.2) is 29.3 Å². The Morgan fingerprint density at radius 3 is 2.95 bits per heavy atom. The summed E-state index contributed by atoms with van der Waals surface area (Å²) in [6.07, 6.45) is 6.15. The van der Waals surface area contributed by atoms with Gasteiger partial charge in [-0.25, -0.2) is 0 Å². The molecule has 20 heavy (non-hydrogen) atoms. The molecule has 0 amide bonds. The van der Waals surface area contributed by atoms with E-state index in [1.54, 1.807) is 0 Å². The zero-order chi connectivity index (χ0) is 14.2. The zero-order valence-electron chi connectivity index (χ0n) is 12.0. The highest BCUT2D eigenvalue weighted by molar-refractivity contribution is 6.34. The van der Waals surface area contributed by atoms with Crippen LogP contribution in [0.5, 0.6) is 0 Å². The number of nitrogens with two attached hydrogens (primary N) is 1. The normalized spacial score (nSPS) is 29.8. The molecule has 1 heterocycles. The van der Waals surface area contributed by atoms with Crippen molar-refractivity contribution in [2.24, 2.45) is 16.6 Å². The van der Waals surface area contributed by atoms with Crippen LogP contribution in [0.3, 0.4) is 0 Å². The molecule has 0 saturated heterocycles. The lowest BCUT2D eigenvalue weighted by Gasteiger charge is -2.47. The van der Waals surface area contributed by atoms with E-state index in [-0.39, 0.29) is 5.54 Å². The van der Waals surface area contributed by atoms with Gasteiger partial charge in [0, 0.05) is 0 Å². The molecule has 0 bridgehead atoms. The molecule has 0 radical (unpaired) electrons. The van der Waals surface area contributed by atoms with Gasteiger partial charge in [-0.3, -0.25) is 4.99 Å². The Bertz CT molecular complexity index is 528. The number of rotatable bonds is 2. The maximum atomic E-state index is 6.41. The summed E-state index contributed by atoms with van der Waals surface area (Å²) in [7, 11) is 0. The van der Waals surface area contributed by atoms with Crippen molar-refractivity contribution < 1.29 is 0 Å². The summed E-state index contributed by atoms with van der Waals surface area (Å²) in [5.74, 6) is 1.26.